The first-order valence-electron chi connectivity index (χ1n) is 14.7. The van der Waals surface area contributed by atoms with E-state index in [0.29, 0.717) is 36.3 Å². The fraction of sp³-hybridized carbons (Fsp3) is 0.257. The van der Waals surface area contributed by atoms with Gasteiger partial charge < -0.3 is 20.0 Å². The number of hydrogen-bond acceptors (Lipinski definition) is 6. The highest BCUT2D eigenvalue weighted by atomic mass is 16.3. The van der Waals surface area contributed by atoms with Gasteiger partial charge in [0.05, 0.1) is 17.6 Å². The molecule has 0 saturated heterocycles. The van der Waals surface area contributed by atoms with Gasteiger partial charge in [-0.05, 0) is 97.3 Å². The first kappa shape index (κ1) is 29.5. The summed E-state index contributed by atoms with van der Waals surface area (Å²) in [5.74, 6) is -0.414. The maximum atomic E-state index is 13.1. The van der Waals surface area contributed by atoms with Crippen LogP contribution in [0, 0.1) is 11.8 Å². The Hall–Kier alpha value is -4.98. The summed E-state index contributed by atoms with van der Waals surface area (Å²) in [6, 6.07) is 24.4. The van der Waals surface area contributed by atoms with Crippen molar-refractivity contribution in [2.45, 2.75) is 39.0 Å². The van der Waals surface area contributed by atoms with E-state index >= 15 is 0 Å². The van der Waals surface area contributed by atoms with Gasteiger partial charge in [-0.15, -0.1) is 4.91 Å². The van der Waals surface area contributed by atoms with E-state index in [1.165, 1.54) is 23.0 Å². The van der Waals surface area contributed by atoms with Crippen LogP contribution in [0.1, 0.15) is 56.9 Å². The molecule has 5 rings (SSSR count). The molecule has 8 heteroatoms. The van der Waals surface area contributed by atoms with Gasteiger partial charge in [0.25, 0.3) is 11.8 Å². The SMILES string of the molecule is Cc1ccccc1CC1=CCCN(c2ccc(C(=O)NCCCc3ccccc3N=O)cc2NC(=O)c2ccco2)CC1. The second kappa shape index (κ2) is 14.3. The number of amides is 2. The standard InChI is InChI=1S/C35H36N4O4/c1-25-9-2-3-12-28(25)23-26-10-7-20-39(21-18-26)32-17-16-29(24-31(32)37-35(41)33-15-8-22-43-33)34(40)36-19-6-13-27-11-4-5-14-30(27)38-42/h2-5,8-12,14-17,22,24H,6-7,13,18-21,23H2,1H3,(H,36,40)(H,37,41). The smallest absolute Gasteiger partial charge is 0.291 e. The Labute approximate surface area is 251 Å². The van der Waals surface area contributed by atoms with Crippen LogP contribution in [0.25, 0.3) is 0 Å². The third-order valence-electron chi connectivity index (χ3n) is 7.80. The molecule has 0 atom stereocenters. The van der Waals surface area contributed by atoms with Crippen LogP contribution < -0.4 is 15.5 Å². The van der Waals surface area contributed by atoms with E-state index in [4.69, 9.17) is 4.42 Å². The van der Waals surface area contributed by atoms with Gasteiger partial charge in [-0.25, -0.2) is 0 Å². The Morgan fingerprint density at radius 1 is 0.930 bits per heavy atom. The summed E-state index contributed by atoms with van der Waals surface area (Å²) < 4.78 is 5.31. The van der Waals surface area contributed by atoms with Gasteiger partial charge >= 0.3 is 0 Å². The third kappa shape index (κ3) is 7.65. The summed E-state index contributed by atoms with van der Waals surface area (Å²) in [5, 5.41) is 9.01. The number of nitrogens with one attached hydrogen (secondary N) is 2. The Balaban J connectivity index is 1.27. The number of nitroso groups, excluding NO2 is 1. The number of carbonyl (C=O) groups excluding carboxylic acids is 2. The first-order valence-corrected chi connectivity index (χ1v) is 14.7. The largest absolute Gasteiger partial charge is 0.459 e. The van der Waals surface area contributed by atoms with Gasteiger partial charge in [0.2, 0.25) is 0 Å². The van der Waals surface area contributed by atoms with E-state index in [-0.39, 0.29) is 17.6 Å². The van der Waals surface area contributed by atoms with Crippen LogP contribution in [0.5, 0.6) is 0 Å². The van der Waals surface area contributed by atoms with Crippen molar-refractivity contribution in [1.82, 2.24) is 5.32 Å². The maximum Gasteiger partial charge on any atom is 0.291 e. The van der Waals surface area contributed by atoms with Gasteiger partial charge in [-0.3, -0.25) is 9.59 Å². The summed E-state index contributed by atoms with van der Waals surface area (Å²) >= 11 is 0. The molecule has 2 N–H and O–H groups in total. The lowest BCUT2D eigenvalue weighted by Gasteiger charge is -2.26. The summed E-state index contributed by atoms with van der Waals surface area (Å²) in [7, 11) is 0. The fourth-order valence-corrected chi connectivity index (χ4v) is 5.41. The second-order valence-electron chi connectivity index (χ2n) is 10.7. The predicted octanol–water partition coefficient (Wildman–Crippen LogP) is 7.37. The molecule has 1 aliphatic heterocycles. The molecular weight excluding hydrogens is 540 g/mol. The van der Waals surface area contributed by atoms with Crippen LogP contribution >= 0.6 is 0 Å². The highest BCUT2D eigenvalue weighted by Gasteiger charge is 2.20. The maximum absolute atomic E-state index is 13.1. The molecule has 0 bridgehead atoms. The van der Waals surface area contributed by atoms with Crippen molar-refractivity contribution in [3.05, 3.63) is 130 Å². The molecule has 1 aromatic heterocycles. The highest BCUT2D eigenvalue weighted by molar-refractivity contribution is 6.05. The minimum atomic E-state index is -0.376. The molecule has 2 heterocycles. The van der Waals surface area contributed by atoms with Gasteiger partial charge in [0.15, 0.2) is 5.76 Å². The number of nitrogens with zero attached hydrogens (tertiary/aromatic N) is 2. The number of aryl methyl sites for hydroxylation is 2. The van der Waals surface area contributed by atoms with Gasteiger partial charge in [0.1, 0.15) is 5.69 Å². The van der Waals surface area contributed by atoms with Crippen LogP contribution in [0.2, 0.25) is 0 Å². The predicted molar refractivity (Wildman–Crippen MR) is 170 cm³/mol. The number of rotatable bonds is 11. The molecule has 0 saturated carbocycles. The minimum absolute atomic E-state index is 0.198. The average Bonchev–Trinajstić information content (AvgIpc) is 3.48. The number of benzene rings is 3. The molecule has 0 unspecified atom stereocenters. The van der Waals surface area contributed by atoms with Crippen molar-refractivity contribution in [1.29, 1.82) is 0 Å². The lowest BCUT2D eigenvalue weighted by atomic mass is 9.98. The van der Waals surface area contributed by atoms with E-state index < -0.39 is 0 Å². The van der Waals surface area contributed by atoms with Gasteiger partial charge in [-0.1, -0.05) is 54.1 Å². The molecule has 0 radical (unpaired) electrons. The highest BCUT2D eigenvalue weighted by Crippen LogP contribution is 2.31. The monoisotopic (exact) mass is 576 g/mol. The van der Waals surface area contributed by atoms with E-state index in [2.05, 4.69) is 58.0 Å². The summed E-state index contributed by atoms with van der Waals surface area (Å²) in [6.07, 6.45) is 7.80. The van der Waals surface area contributed by atoms with Crippen LogP contribution in [-0.2, 0) is 12.8 Å². The zero-order valence-electron chi connectivity index (χ0n) is 24.3. The third-order valence-corrected chi connectivity index (χ3v) is 7.80. The topological polar surface area (TPSA) is 104 Å². The fourth-order valence-electron chi connectivity index (χ4n) is 5.41. The number of anilines is 2. The molecule has 4 aromatic rings. The number of furan rings is 1. The van der Waals surface area contributed by atoms with Crippen molar-refractivity contribution in [3.63, 3.8) is 0 Å². The molecule has 220 valence electrons. The Morgan fingerprint density at radius 3 is 2.53 bits per heavy atom. The molecule has 1 aliphatic rings. The molecule has 8 nitrogen and oxygen atoms in total. The molecule has 0 spiro atoms. The Bertz CT molecular complexity index is 1610. The molecule has 0 aliphatic carbocycles. The first-order chi connectivity index (χ1) is 21.0. The van der Waals surface area contributed by atoms with Crippen molar-refractivity contribution < 1.29 is 14.0 Å². The number of carbonyl (C=O) groups is 2. The minimum Gasteiger partial charge on any atom is -0.459 e. The summed E-state index contributed by atoms with van der Waals surface area (Å²) in [5.41, 5.74) is 7.18. The molecule has 3 aromatic carbocycles. The van der Waals surface area contributed by atoms with Crippen molar-refractivity contribution in [2.24, 2.45) is 5.18 Å². The van der Waals surface area contributed by atoms with E-state index in [9.17, 15) is 14.5 Å². The van der Waals surface area contributed by atoms with Gasteiger partial charge in [0, 0.05) is 25.2 Å². The lowest BCUT2D eigenvalue weighted by molar-refractivity contribution is 0.0951. The number of hydrogen-bond donors (Lipinski definition) is 2. The second-order valence-corrected chi connectivity index (χ2v) is 10.7. The quantitative estimate of drug-likeness (QED) is 0.110. The Morgan fingerprint density at radius 2 is 1.74 bits per heavy atom. The van der Waals surface area contributed by atoms with Gasteiger partial charge in [-0.2, -0.15) is 0 Å². The zero-order valence-corrected chi connectivity index (χ0v) is 24.3. The Kier molecular flexibility index (Phi) is 9.79. The van der Waals surface area contributed by atoms with Crippen molar-refractivity contribution >= 4 is 28.9 Å². The van der Waals surface area contributed by atoms with Crippen LogP contribution in [0.3, 0.4) is 0 Å². The molecule has 0 fully saturated rings. The van der Waals surface area contributed by atoms with E-state index in [1.54, 1.807) is 36.4 Å². The average molecular weight is 577 g/mol. The molecule has 43 heavy (non-hydrogen) atoms. The normalized spacial score (nSPS) is 13.1. The van der Waals surface area contributed by atoms with E-state index in [0.717, 1.165) is 43.6 Å². The van der Waals surface area contributed by atoms with Crippen molar-refractivity contribution in [2.75, 3.05) is 29.9 Å². The van der Waals surface area contributed by atoms with Crippen LogP contribution in [0.15, 0.2) is 106 Å². The van der Waals surface area contributed by atoms with Crippen molar-refractivity contribution in [3.8, 4) is 0 Å². The van der Waals surface area contributed by atoms with E-state index in [1.807, 2.05) is 18.2 Å². The van der Waals surface area contributed by atoms with Crippen LogP contribution in [-0.4, -0.2) is 31.4 Å². The summed E-state index contributed by atoms with van der Waals surface area (Å²) in [6.45, 7) is 4.17. The summed E-state index contributed by atoms with van der Waals surface area (Å²) in [4.78, 5) is 39.4. The zero-order chi connectivity index (χ0) is 30.0. The van der Waals surface area contributed by atoms with Crippen LogP contribution in [0.4, 0.5) is 17.1 Å². The molecular formula is C35H36N4O4. The molecule has 2 amide bonds. The lowest BCUT2D eigenvalue weighted by Crippen LogP contribution is -2.28.